The Morgan fingerprint density at radius 1 is 1.05 bits per heavy atom. The third kappa shape index (κ3) is 3.83. The lowest BCUT2D eigenvalue weighted by Gasteiger charge is -2.16. The van der Waals surface area contributed by atoms with Crippen LogP contribution in [0.5, 0.6) is 5.75 Å². The number of hydrogen-bond acceptors (Lipinski definition) is 3. The monoisotopic (exact) mass is 270 g/mol. The fraction of sp³-hybridized carbons (Fsp3) is 0.188. The van der Waals surface area contributed by atoms with Gasteiger partial charge in [0.2, 0.25) is 5.91 Å². The number of carbonyl (C=O) groups excluding carboxylic acids is 1. The highest BCUT2D eigenvalue weighted by Crippen LogP contribution is 2.26. The van der Waals surface area contributed by atoms with E-state index in [-0.39, 0.29) is 6.42 Å². The van der Waals surface area contributed by atoms with E-state index in [2.05, 4.69) is 0 Å². The van der Waals surface area contributed by atoms with Gasteiger partial charge in [0.1, 0.15) is 12.4 Å². The van der Waals surface area contributed by atoms with Crippen molar-refractivity contribution in [2.24, 2.45) is 11.5 Å². The van der Waals surface area contributed by atoms with E-state index in [4.69, 9.17) is 16.2 Å². The van der Waals surface area contributed by atoms with Crippen molar-refractivity contribution in [2.45, 2.75) is 19.1 Å². The van der Waals surface area contributed by atoms with Crippen LogP contribution in [-0.2, 0) is 11.4 Å². The summed E-state index contributed by atoms with van der Waals surface area (Å²) in [5, 5.41) is 0. The topological polar surface area (TPSA) is 78.3 Å². The lowest BCUT2D eigenvalue weighted by atomic mass is 10.0. The molecule has 1 atom stereocenters. The van der Waals surface area contributed by atoms with Crippen LogP contribution in [0, 0.1) is 0 Å². The Kier molecular flexibility index (Phi) is 4.74. The first-order valence-corrected chi connectivity index (χ1v) is 6.46. The minimum absolute atomic E-state index is 0.103. The second-order valence-corrected chi connectivity index (χ2v) is 4.59. The first-order chi connectivity index (χ1) is 9.66. The van der Waals surface area contributed by atoms with Crippen LogP contribution in [-0.4, -0.2) is 5.91 Å². The zero-order valence-electron chi connectivity index (χ0n) is 11.2. The minimum Gasteiger partial charge on any atom is -0.489 e. The van der Waals surface area contributed by atoms with Gasteiger partial charge in [-0.1, -0.05) is 48.5 Å². The molecule has 0 radical (unpaired) electrons. The van der Waals surface area contributed by atoms with Gasteiger partial charge in [0.25, 0.3) is 0 Å². The van der Waals surface area contributed by atoms with Gasteiger partial charge in [-0.2, -0.15) is 0 Å². The molecule has 104 valence electrons. The Morgan fingerprint density at radius 3 is 2.40 bits per heavy atom. The standard InChI is InChI=1S/C16H18N2O2/c17-14(10-16(18)19)13-8-4-5-9-15(13)20-11-12-6-2-1-3-7-12/h1-9,14H,10-11,17H2,(H2,18,19). The van der Waals surface area contributed by atoms with Crippen molar-refractivity contribution in [1.82, 2.24) is 0 Å². The van der Waals surface area contributed by atoms with E-state index in [0.717, 1.165) is 11.1 Å². The summed E-state index contributed by atoms with van der Waals surface area (Å²) in [5.74, 6) is 0.264. The molecule has 0 spiro atoms. The Labute approximate surface area is 118 Å². The number of amides is 1. The summed E-state index contributed by atoms with van der Waals surface area (Å²) < 4.78 is 5.79. The molecule has 4 heteroatoms. The molecule has 0 aromatic heterocycles. The number of rotatable bonds is 6. The Morgan fingerprint density at radius 2 is 1.70 bits per heavy atom. The van der Waals surface area contributed by atoms with Crippen LogP contribution in [0.2, 0.25) is 0 Å². The minimum atomic E-state index is -0.445. The maximum atomic E-state index is 11.0. The van der Waals surface area contributed by atoms with E-state index in [1.54, 1.807) is 0 Å². The van der Waals surface area contributed by atoms with Crippen LogP contribution in [0.3, 0.4) is 0 Å². The first kappa shape index (κ1) is 14.1. The van der Waals surface area contributed by atoms with Gasteiger partial charge < -0.3 is 16.2 Å². The van der Waals surface area contributed by atoms with Gasteiger partial charge in [0.05, 0.1) is 0 Å². The molecule has 2 rings (SSSR count). The lowest BCUT2D eigenvalue weighted by molar-refractivity contribution is -0.118. The van der Waals surface area contributed by atoms with Gasteiger partial charge in [0.15, 0.2) is 0 Å². The van der Waals surface area contributed by atoms with Crippen LogP contribution >= 0.6 is 0 Å². The van der Waals surface area contributed by atoms with Crippen molar-refractivity contribution >= 4 is 5.91 Å². The molecular weight excluding hydrogens is 252 g/mol. The molecule has 0 heterocycles. The molecule has 1 unspecified atom stereocenters. The third-order valence-electron chi connectivity index (χ3n) is 2.98. The lowest BCUT2D eigenvalue weighted by Crippen LogP contribution is -2.21. The summed E-state index contributed by atoms with van der Waals surface area (Å²) in [6, 6.07) is 16.9. The van der Waals surface area contributed by atoms with Gasteiger partial charge >= 0.3 is 0 Å². The highest BCUT2D eigenvalue weighted by molar-refractivity contribution is 5.74. The molecule has 4 N–H and O–H groups in total. The smallest absolute Gasteiger partial charge is 0.219 e. The molecule has 0 aliphatic heterocycles. The van der Waals surface area contributed by atoms with E-state index in [1.165, 1.54) is 0 Å². The van der Waals surface area contributed by atoms with Crippen molar-refractivity contribution in [1.29, 1.82) is 0 Å². The molecule has 2 aromatic carbocycles. The summed E-state index contributed by atoms with van der Waals surface area (Å²) >= 11 is 0. The van der Waals surface area contributed by atoms with Gasteiger partial charge in [-0.05, 0) is 11.6 Å². The van der Waals surface area contributed by atoms with Gasteiger partial charge in [-0.15, -0.1) is 0 Å². The maximum Gasteiger partial charge on any atom is 0.219 e. The fourth-order valence-electron chi connectivity index (χ4n) is 1.98. The Hall–Kier alpha value is -2.33. The highest BCUT2D eigenvalue weighted by Gasteiger charge is 2.14. The normalized spacial score (nSPS) is 11.8. The summed E-state index contributed by atoms with van der Waals surface area (Å²) in [5.41, 5.74) is 13.0. The van der Waals surface area contributed by atoms with Crippen molar-refractivity contribution in [3.63, 3.8) is 0 Å². The second kappa shape index (κ2) is 6.73. The van der Waals surface area contributed by atoms with Crippen molar-refractivity contribution in [3.05, 3.63) is 65.7 Å². The number of hydrogen-bond donors (Lipinski definition) is 2. The van der Waals surface area contributed by atoms with E-state index < -0.39 is 11.9 Å². The summed E-state index contributed by atoms with van der Waals surface area (Å²) in [4.78, 5) is 11.0. The van der Waals surface area contributed by atoms with Gasteiger partial charge in [-0.25, -0.2) is 0 Å². The zero-order valence-corrected chi connectivity index (χ0v) is 11.2. The average Bonchev–Trinajstić information content (AvgIpc) is 2.46. The molecule has 1 amide bonds. The Balaban J connectivity index is 2.09. The number of benzene rings is 2. The number of primary amides is 1. The number of para-hydroxylation sites is 1. The predicted molar refractivity (Wildman–Crippen MR) is 78.0 cm³/mol. The van der Waals surface area contributed by atoms with Crippen LogP contribution < -0.4 is 16.2 Å². The van der Waals surface area contributed by atoms with Crippen molar-refractivity contribution in [2.75, 3.05) is 0 Å². The predicted octanol–water partition coefficient (Wildman–Crippen LogP) is 2.14. The van der Waals surface area contributed by atoms with Crippen LogP contribution in [0.4, 0.5) is 0 Å². The van der Waals surface area contributed by atoms with Crippen LogP contribution in [0.1, 0.15) is 23.6 Å². The molecule has 0 aliphatic rings. The summed E-state index contributed by atoms with van der Waals surface area (Å²) in [6.07, 6.45) is 0.103. The first-order valence-electron chi connectivity index (χ1n) is 6.46. The SMILES string of the molecule is NC(=O)CC(N)c1ccccc1OCc1ccccc1. The quantitative estimate of drug-likeness (QED) is 0.844. The number of carbonyl (C=O) groups is 1. The molecule has 4 nitrogen and oxygen atoms in total. The van der Waals surface area contributed by atoms with Gasteiger partial charge in [-0.3, -0.25) is 4.79 Å². The third-order valence-corrected chi connectivity index (χ3v) is 2.98. The van der Waals surface area contributed by atoms with E-state index in [9.17, 15) is 4.79 Å². The second-order valence-electron chi connectivity index (χ2n) is 4.59. The molecule has 0 aliphatic carbocycles. The highest BCUT2D eigenvalue weighted by atomic mass is 16.5. The van der Waals surface area contributed by atoms with Crippen LogP contribution in [0.15, 0.2) is 54.6 Å². The fourth-order valence-corrected chi connectivity index (χ4v) is 1.98. The van der Waals surface area contributed by atoms with E-state index >= 15 is 0 Å². The molecular formula is C16H18N2O2. The van der Waals surface area contributed by atoms with Crippen LogP contribution in [0.25, 0.3) is 0 Å². The Bertz CT molecular complexity index is 570. The summed E-state index contributed by atoms with van der Waals surface area (Å²) in [6.45, 7) is 0.459. The molecule has 20 heavy (non-hydrogen) atoms. The van der Waals surface area contributed by atoms with Gasteiger partial charge in [0, 0.05) is 18.0 Å². The van der Waals surface area contributed by atoms with Crippen molar-refractivity contribution < 1.29 is 9.53 Å². The van der Waals surface area contributed by atoms with E-state index in [1.807, 2.05) is 54.6 Å². The zero-order chi connectivity index (χ0) is 14.4. The number of nitrogens with two attached hydrogens (primary N) is 2. The molecule has 0 saturated heterocycles. The average molecular weight is 270 g/mol. The molecule has 0 fully saturated rings. The molecule has 0 bridgehead atoms. The molecule has 2 aromatic rings. The van der Waals surface area contributed by atoms with Crippen molar-refractivity contribution in [3.8, 4) is 5.75 Å². The van der Waals surface area contributed by atoms with E-state index in [0.29, 0.717) is 12.4 Å². The largest absolute Gasteiger partial charge is 0.489 e. The maximum absolute atomic E-state index is 11.0. The molecule has 0 saturated carbocycles. The summed E-state index contributed by atoms with van der Waals surface area (Å²) in [7, 11) is 0. The number of ether oxygens (including phenoxy) is 1.